The van der Waals surface area contributed by atoms with Crippen molar-refractivity contribution in [2.24, 2.45) is 11.7 Å². The molecule has 0 bridgehead atoms. The number of piperidine rings is 1. The zero-order valence-corrected chi connectivity index (χ0v) is 8.61. The number of nitrogens with two attached hydrogens (primary N) is 1. The number of nitrogens with zero attached hydrogens (tertiary/aromatic N) is 2. The number of nitrogens with one attached hydrogen (secondary N) is 1. The van der Waals surface area contributed by atoms with Gasteiger partial charge in [-0.15, -0.1) is 0 Å². The summed E-state index contributed by atoms with van der Waals surface area (Å²) in [5.74, 6) is 0.615. The molecule has 1 saturated heterocycles. The molecule has 0 radical (unpaired) electrons. The van der Waals surface area contributed by atoms with E-state index in [1.165, 1.54) is 12.0 Å². The molecule has 4 nitrogen and oxygen atoms in total. The standard InChI is InChI=1S/C10H18N4/c1-14-3-2-9(10(11)7-14)4-8-5-12-13-6-8/h5-6,9-10H,2-4,7,11H2,1H3,(H,12,13). The number of rotatable bonds is 2. The number of H-pyrrole nitrogens is 1. The Balaban J connectivity index is 1.92. The lowest BCUT2D eigenvalue weighted by Crippen LogP contribution is -2.47. The summed E-state index contributed by atoms with van der Waals surface area (Å²) in [5, 5.41) is 6.79. The fraction of sp³-hybridized carbons (Fsp3) is 0.700. The Kier molecular flexibility index (Phi) is 2.84. The minimum absolute atomic E-state index is 0.309. The van der Waals surface area contributed by atoms with Gasteiger partial charge in [0.25, 0.3) is 0 Å². The summed E-state index contributed by atoms with van der Waals surface area (Å²) >= 11 is 0. The third-order valence-corrected chi connectivity index (χ3v) is 3.06. The fourth-order valence-electron chi connectivity index (χ4n) is 2.15. The molecule has 2 atom stereocenters. The summed E-state index contributed by atoms with van der Waals surface area (Å²) in [7, 11) is 2.13. The van der Waals surface area contributed by atoms with E-state index in [9.17, 15) is 0 Å². The smallest absolute Gasteiger partial charge is 0.0519 e. The molecule has 4 heteroatoms. The maximum Gasteiger partial charge on any atom is 0.0519 e. The van der Waals surface area contributed by atoms with Crippen LogP contribution in [0.1, 0.15) is 12.0 Å². The molecule has 1 aliphatic heterocycles. The molecule has 0 aromatic carbocycles. The third-order valence-electron chi connectivity index (χ3n) is 3.06. The number of hydrogen-bond donors (Lipinski definition) is 2. The molecule has 14 heavy (non-hydrogen) atoms. The van der Waals surface area contributed by atoms with Crippen LogP contribution in [0.15, 0.2) is 12.4 Å². The molecule has 2 unspecified atom stereocenters. The zero-order valence-electron chi connectivity index (χ0n) is 8.61. The normalized spacial score (nSPS) is 29.3. The van der Waals surface area contributed by atoms with Gasteiger partial charge in [0.2, 0.25) is 0 Å². The molecule has 1 aliphatic rings. The van der Waals surface area contributed by atoms with Crippen molar-refractivity contribution in [2.75, 3.05) is 20.1 Å². The predicted octanol–water partition coefficient (Wildman–Crippen LogP) is 0.231. The van der Waals surface area contributed by atoms with E-state index in [1.54, 1.807) is 0 Å². The predicted molar refractivity (Wildman–Crippen MR) is 55.9 cm³/mol. The van der Waals surface area contributed by atoms with Crippen LogP contribution in [0.2, 0.25) is 0 Å². The minimum Gasteiger partial charge on any atom is -0.326 e. The Bertz CT molecular complexity index is 270. The maximum absolute atomic E-state index is 6.11. The molecular weight excluding hydrogens is 176 g/mol. The van der Waals surface area contributed by atoms with E-state index < -0.39 is 0 Å². The molecule has 0 spiro atoms. The second kappa shape index (κ2) is 4.11. The molecule has 1 aromatic rings. The Morgan fingerprint density at radius 1 is 1.71 bits per heavy atom. The second-order valence-electron chi connectivity index (χ2n) is 4.29. The summed E-state index contributed by atoms with van der Waals surface area (Å²) in [5.41, 5.74) is 7.39. The maximum atomic E-state index is 6.11. The first kappa shape index (κ1) is 9.68. The van der Waals surface area contributed by atoms with Crippen molar-refractivity contribution in [3.8, 4) is 0 Å². The van der Waals surface area contributed by atoms with E-state index in [0.717, 1.165) is 19.5 Å². The van der Waals surface area contributed by atoms with Crippen molar-refractivity contribution >= 4 is 0 Å². The highest BCUT2D eigenvalue weighted by atomic mass is 15.1. The van der Waals surface area contributed by atoms with Crippen LogP contribution in [0.4, 0.5) is 0 Å². The highest BCUT2D eigenvalue weighted by Crippen LogP contribution is 2.19. The van der Waals surface area contributed by atoms with Gasteiger partial charge in [0.1, 0.15) is 0 Å². The number of aromatic amines is 1. The molecule has 0 amide bonds. The van der Waals surface area contributed by atoms with E-state index in [0.29, 0.717) is 12.0 Å². The summed E-state index contributed by atoms with van der Waals surface area (Å²) in [6.45, 7) is 2.18. The molecule has 1 aromatic heterocycles. The molecule has 1 fully saturated rings. The van der Waals surface area contributed by atoms with Crippen LogP contribution >= 0.6 is 0 Å². The van der Waals surface area contributed by atoms with Gasteiger partial charge in [-0.25, -0.2) is 0 Å². The quantitative estimate of drug-likeness (QED) is 0.708. The van der Waals surface area contributed by atoms with E-state index in [2.05, 4.69) is 22.1 Å². The largest absolute Gasteiger partial charge is 0.326 e. The summed E-state index contributed by atoms with van der Waals surface area (Å²) in [4.78, 5) is 2.30. The topological polar surface area (TPSA) is 57.9 Å². The molecule has 0 saturated carbocycles. The highest BCUT2D eigenvalue weighted by Gasteiger charge is 2.24. The van der Waals surface area contributed by atoms with Crippen molar-refractivity contribution in [3.05, 3.63) is 18.0 Å². The first-order chi connectivity index (χ1) is 6.75. The van der Waals surface area contributed by atoms with Gasteiger partial charge >= 0.3 is 0 Å². The van der Waals surface area contributed by atoms with Gasteiger partial charge in [0.15, 0.2) is 0 Å². The lowest BCUT2D eigenvalue weighted by atomic mass is 9.88. The second-order valence-corrected chi connectivity index (χ2v) is 4.29. The van der Waals surface area contributed by atoms with Crippen LogP contribution in [0.25, 0.3) is 0 Å². The van der Waals surface area contributed by atoms with Crippen LogP contribution in [-0.4, -0.2) is 41.3 Å². The van der Waals surface area contributed by atoms with Gasteiger partial charge in [-0.1, -0.05) is 0 Å². The molecular formula is C10H18N4. The Morgan fingerprint density at radius 3 is 3.21 bits per heavy atom. The van der Waals surface area contributed by atoms with Gasteiger partial charge < -0.3 is 10.6 Å². The van der Waals surface area contributed by atoms with Gasteiger partial charge in [-0.05, 0) is 37.9 Å². The Hall–Kier alpha value is -0.870. The van der Waals surface area contributed by atoms with E-state index >= 15 is 0 Å². The molecule has 0 aliphatic carbocycles. The molecule has 2 rings (SSSR count). The van der Waals surface area contributed by atoms with Crippen molar-refractivity contribution in [2.45, 2.75) is 18.9 Å². The fourth-order valence-corrected chi connectivity index (χ4v) is 2.15. The van der Waals surface area contributed by atoms with Crippen LogP contribution in [-0.2, 0) is 6.42 Å². The summed E-state index contributed by atoms with van der Waals surface area (Å²) < 4.78 is 0. The van der Waals surface area contributed by atoms with E-state index in [4.69, 9.17) is 5.73 Å². The highest BCUT2D eigenvalue weighted by molar-refractivity contribution is 5.05. The van der Waals surface area contributed by atoms with Crippen LogP contribution < -0.4 is 5.73 Å². The van der Waals surface area contributed by atoms with Crippen molar-refractivity contribution in [3.63, 3.8) is 0 Å². The lowest BCUT2D eigenvalue weighted by Gasteiger charge is -2.34. The van der Waals surface area contributed by atoms with Crippen LogP contribution in [0.3, 0.4) is 0 Å². The molecule has 2 heterocycles. The number of hydrogen-bond acceptors (Lipinski definition) is 3. The first-order valence-electron chi connectivity index (χ1n) is 5.17. The van der Waals surface area contributed by atoms with Gasteiger partial charge in [-0.2, -0.15) is 5.10 Å². The van der Waals surface area contributed by atoms with E-state index in [-0.39, 0.29) is 0 Å². The third kappa shape index (κ3) is 2.13. The van der Waals surface area contributed by atoms with Gasteiger partial charge in [0, 0.05) is 18.8 Å². The average molecular weight is 194 g/mol. The summed E-state index contributed by atoms with van der Waals surface area (Å²) in [6, 6.07) is 0.309. The molecule has 3 N–H and O–H groups in total. The SMILES string of the molecule is CN1CCC(Cc2cn[nH]c2)C(N)C1. The van der Waals surface area contributed by atoms with E-state index in [1.807, 2.05) is 12.4 Å². The van der Waals surface area contributed by atoms with Crippen molar-refractivity contribution in [1.29, 1.82) is 0 Å². The lowest BCUT2D eigenvalue weighted by molar-refractivity contribution is 0.190. The Morgan fingerprint density at radius 2 is 2.57 bits per heavy atom. The minimum atomic E-state index is 0.309. The number of aromatic nitrogens is 2. The van der Waals surface area contributed by atoms with Crippen LogP contribution in [0.5, 0.6) is 0 Å². The monoisotopic (exact) mass is 194 g/mol. The van der Waals surface area contributed by atoms with Crippen molar-refractivity contribution < 1.29 is 0 Å². The van der Waals surface area contributed by atoms with Crippen LogP contribution in [0, 0.1) is 5.92 Å². The molecule has 78 valence electrons. The van der Waals surface area contributed by atoms with Crippen molar-refractivity contribution in [1.82, 2.24) is 15.1 Å². The van der Waals surface area contributed by atoms with Gasteiger partial charge in [-0.3, -0.25) is 5.10 Å². The number of likely N-dealkylation sites (tertiary alicyclic amines) is 1. The zero-order chi connectivity index (χ0) is 9.97. The Labute approximate surface area is 84.5 Å². The van der Waals surface area contributed by atoms with Gasteiger partial charge in [0.05, 0.1) is 6.20 Å². The number of likely N-dealkylation sites (N-methyl/N-ethyl adjacent to an activating group) is 1. The first-order valence-corrected chi connectivity index (χ1v) is 5.17. The summed E-state index contributed by atoms with van der Waals surface area (Å²) in [6.07, 6.45) is 6.12. The average Bonchev–Trinajstić information content (AvgIpc) is 2.62.